The quantitative estimate of drug-likeness (QED) is 0.598. The van der Waals surface area contributed by atoms with Crippen LogP contribution >= 0.6 is 23.2 Å². The molecular weight excluding hydrogens is 435 g/mol. The molecule has 0 aromatic heterocycles. The van der Waals surface area contributed by atoms with E-state index < -0.39 is 6.04 Å². The van der Waals surface area contributed by atoms with Crippen LogP contribution in [0.15, 0.2) is 42.5 Å². The Morgan fingerprint density at radius 1 is 1.10 bits per heavy atom. The Kier molecular flexibility index (Phi) is 8.22. The first-order chi connectivity index (χ1) is 14.9. The monoisotopic (exact) mass is 462 g/mol. The number of nitrogens with one attached hydrogen (secondary N) is 1. The van der Waals surface area contributed by atoms with Gasteiger partial charge in [-0.2, -0.15) is 0 Å². The third kappa shape index (κ3) is 6.14. The molecule has 1 aliphatic rings. The molecule has 0 bridgehead atoms. The van der Waals surface area contributed by atoms with Gasteiger partial charge in [0.25, 0.3) is 0 Å². The lowest BCUT2D eigenvalue weighted by molar-refractivity contribution is -0.140. The number of amides is 2. The van der Waals surface area contributed by atoms with Crippen LogP contribution in [0.2, 0.25) is 10.0 Å². The molecule has 1 unspecified atom stereocenters. The minimum absolute atomic E-state index is 0.154. The molecule has 0 radical (unpaired) electrons. The fourth-order valence-corrected chi connectivity index (χ4v) is 4.36. The molecule has 1 N–H and O–H groups in total. The summed E-state index contributed by atoms with van der Waals surface area (Å²) in [7, 11) is 1.60. The third-order valence-electron chi connectivity index (χ3n) is 5.77. The number of carbonyl (C=O) groups is 2. The van der Waals surface area contributed by atoms with Crippen molar-refractivity contribution in [2.24, 2.45) is 0 Å². The van der Waals surface area contributed by atoms with Crippen LogP contribution in [0.4, 0.5) is 0 Å². The van der Waals surface area contributed by atoms with Crippen molar-refractivity contribution in [3.05, 3.63) is 63.6 Å². The Morgan fingerprint density at radius 3 is 2.29 bits per heavy atom. The number of ether oxygens (including phenoxy) is 1. The smallest absolute Gasteiger partial charge is 0.242 e. The predicted octanol–water partition coefficient (Wildman–Crippen LogP) is 5.02. The molecule has 1 atom stereocenters. The highest BCUT2D eigenvalue weighted by Crippen LogP contribution is 2.27. The summed E-state index contributed by atoms with van der Waals surface area (Å²) in [5, 5.41) is 4.03. The van der Waals surface area contributed by atoms with Crippen LogP contribution in [0.1, 0.15) is 43.7 Å². The standard InChI is InChI=1S/C24H28Cl2N2O3/c1-16(24(30)27-18-6-3-4-7-18)28(15-20-21(25)8-5-9-22(20)26)23(29)14-17-10-12-19(31-2)13-11-17/h5,8-13,16,18H,3-4,6-7,14-15H2,1-2H3,(H,27,30). The van der Waals surface area contributed by atoms with E-state index in [4.69, 9.17) is 27.9 Å². The number of hydrogen-bond acceptors (Lipinski definition) is 3. The number of methoxy groups -OCH3 is 1. The molecule has 166 valence electrons. The second-order valence-corrected chi connectivity index (χ2v) is 8.73. The van der Waals surface area contributed by atoms with E-state index in [1.165, 1.54) is 0 Å². The molecule has 31 heavy (non-hydrogen) atoms. The van der Waals surface area contributed by atoms with Crippen molar-refractivity contribution in [1.29, 1.82) is 0 Å². The lowest BCUT2D eigenvalue weighted by Gasteiger charge is -2.30. The van der Waals surface area contributed by atoms with Crippen molar-refractivity contribution in [3.63, 3.8) is 0 Å². The molecule has 0 aliphatic heterocycles. The molecule has 3 rings (SSSR count). The maximum Gasteiger partial charge on any atom is 0.242 e. The molecule has 0 saturated heterocycles. The average molecular weight is 463 g/mol. The van der Waals surface area contributed by atoms with Crippen LogP contribution in [0.3, 0.4) is 0 Å². The average Bonchev–Trinajstić information content (AvgIpc) is 3.26. The fraction of sp³-hybridized carbons (Fsp3) is 0.417. The van der Waals surface area contributed by atoms with Gasteiger partial charge in [-0.1, -0.05) is 54.2 Å². The maximum atomic E-state index is 13.3. The van der Waals surface area contributed by atoms with Gasteiger partial charge in [0.2, 0.25) is 11.8 Å². The predicted molar refractivity (Wildman–Crippen MR) is 124 cm³/mol. The first-order valence-corrected chi connectivity index (χ1v) is 11.3. The van der Waals surface area contributed by atoms with Crippen molar-refractivity contribution in [1.82, 2.24) is 10.2 Å². The Morgan fingerprint density at radius 2 is 1.71 bits per heavy atom. The van der Waals surface area contributed by atoms with Gasteiger partial charge in [0, 0.05) is 28.2 Å². The zero-order valence-electron chi connectivity index (χ0n) is 17.9. The lowest BCUT2D eigenvalue weighted by atomic mass is 10.1. The Hall–Kier alpha value is -2.24. The highest BCUT2D eigenvalue weighted by molar-refractivity contribution is 6.36. The minimum Gasteiger partial charge on any atom is -0.497 e. The molecule has 1 fully saturated rings. The number of carbonyl (C=O) groups excluding carboxylic acids is 2. The second kappa shape index (κ2) is 10.9. The van der Waals surface area contributed by atoms with E-state index in [-0.39, 0.29) is 30.8 Å². The topological polar surface area (TPSA) is 58.6 Å². The van der Waals surface area contributed by atoms with Gasteiger partial charge in [-0.05, 0) is 49.6 Å². The van der Waals surface area contributed by atoms with Crippen LogP contribution in [0.25, 0.3) is 0 Å². The highest BCUT2D eigenvalue weighted by Gasteiger charge is 2.29. The number of halogens is 2. The fourth-order valence-electron chi connectivity index (χ4n) is 3.85. The summed E-state index contributed by atoms with van der Waals surface area (Å²) in [6.45, 7) is 1.91. The van der Waals surface area contributed by atoms with E-state index in [1.54, 1.807) is 37.1 Å². The van der Waals surface area contributed by atoms with Gasteiger partial charge in [0.1, 0.15) is 11.8 Å². The van der Waals surface area contributed by atoms with Crippen molar-refractivity contribution in [2.75, 3.05) is 7.11 Å². The van der Waals surface area contributed by atoms with E-state index in [2.05, 4.69) is 5.32 Å². The van der Waals surface area contributed by atoms with E-state index in [1.807, 2.05) is 24.3 Å². The van der Waals surface area contributed by atoms with E-state index in [0.717, 1.165) is 37.0 Å². The van der Waals surface area contributed by atoms with Crippen LogP contribution < -0.4 is 10.1 Å². The van der Waals surface area contributed by atoms with Gasteiger partial charge >= 0.3 is 0 Å². The molecule has 2 aromatic carbocycles. The van der Waals surface area contributed by atoms with E-state index >= 15 is 0 Å². The molecule has 1 saturated carbocycles. The lowest BCUT2D eigenvalue weighted by Crippen LogP contribution is -2.50. The van der Waals surface area contributed by atoms with Crippen molar-refractivity contribution < 1.29 is 14.3 Å². The van der Waals surface area contributed by atoms with Gasteiger partial charge in [-0.3, -0.25) is 9.59 Å². The van der Waals surface area contributed by atoms with Crippen molar-refractivity contribution >= 4 is 35.0 Å². The van der Waals surface area contributed by atoms with Gasteiger partial charge in [0.05, 0.1) is 13.5 Å². The summed E-state index contributed by atoms with van der Waals surface area (Å²) >= 11 is 12.7. The summed E-state index contributed by atoms with van der Waals surface area (Å²) < 4.78 is 5.18. The normalized spacial score (nSPS) is 14.8. The SMILES string of the molecule is COc1ccc(CC(=O)N(Cc2c(Cl)cccc2Cl)C(C)C(=O)NC2CCCC2)cc1. The number of hydrogen-bond donors (Lipinski definition) is 1. The molecule has 0 heterocycles. The number of nitrogens with zero attached hydrogens (tertiary/aromatic N) is 1. The van der Waals surface area contributed by atoms with Crippen LogP contribution in [-0.4, -0.2) is 35.9 Å². The molecule has 1 aliphatic carbocycles. The van der Waals surface area contributed by atoms with Gasteiger partial charge in [-0.15, -0.1) is 0 Å². The zero-order valence-corrected chi connectivity index (χ0v) is 19.4. The van der Waals surface area contributed by atoms with Crippen LogP contribution in [0.5, 0.6) is 5.75 Å². The summed E-state index contributed by atoms with van der Waals surface area (Å²) in [5.74, 6) is 0.397. The van der Waals surface area contributed by atoms with Gasteiger partial charge in [-0.25, -0.2) is 0 Å². The number of rotatable bonds is 8. The van der Waals surface area contributed by atoms with Gasteiger partial charge in [0.15, 0.2) is 0 Å². The Balaban J connectivity index is 1.81. The summed E-state index contributed by atoms with van der Waals surface area (Å²) in [6.07, 6.45) is 4.36. The maximum absolute atomic E-state index is 13.3. The van der Waals surface area contributed by atoms with Crippen LogP contribution in [-0.2, 0) is 22.6 Å². The van der Waals surface area contributed by atoms with Crippen molar-refractivity contribution in [2.45, 2.75) is 57.7 Å². The minimum atomic E-state index is -0.654. The van der Waals surface area contributed by atoms with Crippen LogP contribution in [0, 0.1) is 0 Å². The first kappa shape index (κ1) is 23.4. The molecule has 2 amide bonds. The van der Waals surface area contributed by atoms with E-state index in [0.29, 0.717) is 15.6 Å². The van der Waals surface area contributed by atoms with E-state index in [9.17, 15) is 9.59 Å². The number of benzene rings is 2. The molecule has 5 nitrogen and oxygen atoms in total. The molecule has 2 aromatic rings. The summed E-state index contributed by atoms with van der Waals surface area (Å²) in [5.41, 5.74) is 1.47. The zero-order chi connectivity index (χ0) is 22.4. The Bertz CT molecular complexity index is 891. The third-order valence-corrected chi connectivity index (χ3v) is 6.48. The summed E-state index contributed by atoms with van der Waals surface area (Å²) in [6, 6.07) is 12.1. The molecular formula is C24H28Cl2N2O3. The van der Waals surface area contributed by atoms with Crippen molar-refractivity contribution in [3.8, 4) is 5.75 Å². The largest absolute Gasteiger partial charge is 0.497 e. The van der Waals surface area contributed by atoms with Gasteiger partial charge < -0.3 is 15.0 Å². The highest BCUT2D eigenvalue weighted by atomic mass is 35.5. The first-order valence-electron chi connectivity index (χ1n) is 10.5. The molecule has 7 heteroatoms. The second-order valence-electron chi connectivity index (χ2n) is 7.91. The molecule has 0 spiro atoms. The Labute approximate surface area is 193 Å². The summed E-state index contributed by atoms with van der Waals surface area (Å²) in [4.78, 5) is 27.8.